The summed E-state index contributed by atoms with van der Waals surface area (Å²) in [7, 11) is 1.71. The fourth-order valence-corrected chi connectivity index (χ4v) is 5.32. The van der Waals surface area contributed by atoms with Gasteiger partial charge in [-0.2, -0.15) is 0 Å². The van der Waals surface area contributed by atoms with Crippen molar-refractivity contribution >= 4 is 12.1 Å². The van der Waals surface area contributed by atoms with E-state index in [1.165, 1.54) is 34.1 Å². The van der Waals surface area contributed by atoms with Crippen molar-refractivity contribution < 1.29 is 66.4 Å². The van der Waals surface area contributed by atoms with Crippen LogP contribution in [0.5, 0.6) is 0 Å². The Bertz CT molecular complexity index is 1240. The molecule has 0 heterocycles. The first-order valence-electron chi connectivity index (χ1n) is 19.0. The Kier molecular flexibility index (Phi) is 26.0. The molecule has 2 aromatic carbocycles. The van der Waals surface area contributed by atoms with Crippen molar-refractivity contribution in [3.63, 3.8) is 0 Å². The minimum absolute atomic E-state index is 0.0353. The van der Waals surface area contributed by atoms with Gasteiger partial charge in [-0.3, -0.25) is 4.79 Å². The van der Waals surface area contributed by atoms with Crippen molar-refractivity contribution in [2.45, 2.75) is 12.8 Å². The van der Waals surface area contributed by atoms with E-state index in [0.717, 1.165) is 0 Å². The van der Waals surface area contributed by atoms with Crippen LogP contribution in [0.25, 0.3) is 11.1 Å². The summed E-state index contributed by atoms with van der Waals surface area (Å²) < 4.78 is 65.1. The van der Waals surface area contributed by atoms with Gasteiger partial charge in [0, 0.05) is 26.4 Å². The topological polar surface area (TPSA) is 148 Å². The number of benzene rings is 2. The van der Waals surface area contributed by atoms with E-state index in [1.54, 1.807) is 7.05 Å². The van der Waals surface area contributed by atoms with Crippen LogP contribution in [0.3, 0.4) is 0 Å². The van der Waals surface area contributed by atoms with Crippen LogP contribution in [0.2, 0.25) is 0 Å². The summed E-state index contributed by atoms with van der Waals surface area (Å²) in [4.78, 5) is 24.8. The van der Waals surface area contributed by atoms with E-state index in [4.69, 9.17) is 56.8 Å². The number of likely N-dealkylation sites (N-methyl/N-ethyl adjacent to an activating group) is 1. The van der Waals surface area contributed by atoms with Crippen molar-refractivity contribution in [3.8, 4) is 11.1 Å². The molecular weight excluding hydrogens is 718 g/mol. The van der Waals surface area contributed by atoms with Crippen LogP contribution in [-0.4, -0.2) is 176 Å². The van der Waals surface area contributed by atoms with Crippen LogP contribution >= 0.6 is 0 Å². The normalized spacial score (nSPS) is 12.1. The monoisotopic (exact) mass is 779 g/mol. The number of rotatable bonds is 35. The Morgan fingerprint density at radius 3 is 1.11 bits per heavy atom. The van der Waals surface area contributed by atoms with Crippen LogP contribution in [-0.2, 0) is 61.6 Å². The number of ether oxygens (including phenoxy) is 12. The van der Waals surface area contributed by atoms with Crippen LogP contribution in [0.4, 0.5) is 4.79 Å². The first-order valence-corrected chi connectivity index (χ1v) is 19.0. The van der Waals surface area contributed by atoms with Crippen molar-refractivity contribution in [3.05, 3.63) is 59.7 Å². The van der Waals surface area contributed by atoms with Crippen molar-refractivity contribution in [2.75, 3.05) is 159 Å². The first kappa shape index (κ1) is 46.2. The molecule has 1 aliphatic carbocycles. The van der Waals surface area contributed by atoms with Crippen LogP contribution in [0.1, 0.15) is 24.0 Å². The Labute approximate surface area is 325 Å². The summed E-state index contributed by atoms with van der Waals surface area (Å²) in [6.45, 7) is 11.5. The standard InChI is InChI=1S/C40H61NO14/c1-34(42)54-32-31-53-30-29-52-28-27-51-26-25-50-24-23-49-22-21-48-20-19-47-18-17-46-16-15-45-14-13-44-12-11-41(2)40(43)55-33-39-37-9-5-3-7-35(37)36-8-4-6-10-38(36)39/h3-10,39H,11-33H2,1-2H3. The molecule has 0 radical (unpaired) electrons. The third kappa shape index (κ3) is 21.0. The molecule has 15 nitrogen and oxygen atoms in total. The molecule has 0 aliphatic heterocycles. The van der Waals surface area contributed by atoms with Gasteiger partial charge in [-0.05, 0) is 22.3 Å². The number of carbonyl (C=O) groups is 2. The van der Waals surface area contributed by atoms with Gasteiger partial charge in [0.2, 0.25) is 0 Å². The fourth-order valence-electron chi connectivity index (χ4n) is 5.32. The smallest absolute Gasteiger partial charge is 0.409 e. The molecule has 0 saturated heterocycles. The van der Waals surface area contributed by atoms with E-state index < -0.39 is 0 Å². The second-order valence-electron chi connectivity index (χ2n) is 12.2. The maximum absolute atomic E-state index is 12.6. The lowest BCUT2D eigenvalue weighted by atomic mass is 9.98. The van der Waals surface area contributed by atoms with Gasteiger partial charge in [-0.1, -0.05) is 48.5 Å². The number of hydrogen-bond acceptors (Lipinski definition) is 14. The highest BCUT2D eigenvalue weighted by Crippen LogP contribution is 2.44. The van der Waals surface area contributed by atoms with Gasteiger partial charge >= 0.3 is 12.1 Å². The number of nitrogens with zero attached hydrogens (tertiary/aromatic N) is 1. The van der Waals surface area contributed by atoms with E-state index in [2.05, 4.69) is 24.3 Å². The lowest BCUT2D eigenvalue weighted by molar-refractivity contribution is -0.142. The minimum Gasteiger partial charge on any atom is -0.463 e. The van der Waals surface area contributed by atoms with Gasteiger partial charge in [0.1, 0.15) is 13.2 Å². The summed E-state index contributed by atoms with van der Waals surface area (Å²) in [6.07, 6.45) is -0.368. The summed E-state index contributed by atoms with van der Waals surface area (Å²) in [5.41, 5.74) is 4.79. The summed E-state index contributed by atoms with van der Waals surface area (Å²) in [5.74, 6) is -0.280. The second-order valence-corrected chi connectivity index (χ2v) is 12.2. The van der Waals surface area contributed by atoms with Gasteiger partial charge in [0.05, 0.1) is 132 Å². The highest BCUT2D eigenvalue weighted by molar-refractivity contribution is 5.79. The number of carbonyl (C=O) groups excluding carboxylic acids is 2. The third-order valence-corrected chi connectivity index (χ3v) is 8.10. The van der Waals surface area contributed by atoms with Gasteiger partial charge < -0.3 is 61.7 Å². The predicted octanol–water partition coefficient (Wildman–Crippen LogP) is 3.60. The van der Waals surface area contributed by atoms with Crippen LogP contribution in [0, 0.1) is 0 Å². The molecule has 0 saturated carbocycles. The van der Waals surface area contributed by atoms with E-state index in [0.29, 0.717) is 145 Å². The molecule has 310 valence electrons. The lowest BCUT2D eigenvalue weighted by Crippen LogP contribution is -2.32. The molecule has 3 rings (SSSR count). The Morgan fingerprint density at radius 2 is 0.764 bits per heavy atom. The van der Waals surface area contributed by atoms with Crippen molar-refractivity contribution in [1.29, 1.82) is 0 Å². The van der Waals surface area contributed by atoms with E-state index in [9.17, 15) is 9.59 Å². The lowest BCUT2D eigenvalue weighted by Gasteiger charge is -2.19. The zero-order chi connectivity index (χ0) is 39.0. The quantitative estimate of drug-likeness (QED) is 0.0741. The van der Waals surface area contributed by atoms with Crippen LogP contribution in [0.15, 0.2) is 48.5 Å². The molecule has 0 unspecified atom stereocenters. The van der Waals surface area contributed by atoms with E-state index >= 15 is 0 Å². The second kappa shape index (κ2) is 30.9. The highest BCUT2D eigenvalue weighted by atomic mass is 16.6. The fraction of sp³-hybridized carbons (Fsp3) is 0.650. The Hall–Kier alpha value is -3.22. The molecule has 15 heteroatoms. The minimum atomic E-state index is -0.368. The molecular formula is C40H61NO14. The number of hydrogen-bond donors (Lipinski definition) is 0. The number of esters is 1. The number of fused-ring (bicyclic) bond motifs is 3. The summed E-state index contributed by atoms with van der Waals surface area (Å²) in [5, 5.41) is 0. The molecule has 0 aromatic heterocycles. The van der Waals surface area contributed by atoms with Crippen molar-refractivity contribution in [2.24, 2.45) is 0 Å². The molecule has 0 spiro atoms. The highest BCUT2D eigenvalue weighted by Gasteiger charge is 2.29. The molecule has 0 atom stereocenters. The molecule has 0 bridgehead atoms. The molecule has 2 aromatic rings. The average molecular weight is 780 g/mol. The van der Waals surface area contributed by atoms with Gasteiger partial charge in [-0.15, -0.1) is 0 Å². The molecule has 1 amide bonds. The van der Waals surface area contributed by atoms with Gasteiger partial charge in [0.15, 0.2) is 0 Å². The molecule has 55 heavy (non-hydrogen) atoms. The molecule has 0 N–H and O–H groups in total. The number of amides is 1. The predicted molar refractivity (Wildman–Crippen MR) is 203 cm³/mol. The largest absolute Gasteiger partial charge is 0.463 e. The first-order chi connectivity index (χ1) is 27.1. The Morgan fingerprint density at radius 1 is 0.455 bits per heavy atom. The van der Waals surface area contributed by atoms with Gasteiger partial charge in [-0.25, -0.2) is 4.79 Å². The van der Waals surface area contributed by atoms with Crippen LogP contribution < -0.4 is 0 Å². The molecule has 1 aliphatic rings. The summed E-state index contributed by atoms with van der Waals surface area (Å²) in [6, 6.07) is 16.6. The molecule has 0 fully saturated rings. The maximum Gasteiger partial charge on any atom is 0.409 e. The van der Waals surface area contributed by atoms with Crippen molar-refractivity contribution in [1.82, 2.24) is 4.90 Å². The van der Waals surface area contributed by atoms with Gasteiger partial charge in [0.25, 0.3) is 0 Å². The van der Waals surface area contributed by atoms with E-state index in [-0.39, 0.29) is 24.6 Å². The average Bonchev–Trinajstić information content (AvgIpc) is 3.51. The summed E-state index contributed by atoms with van der Waals surface area (Å²) >= 11 is 0. The third-order valence-electron chi connectivity index (χ3n) is 8.10. The van der Waals surface area contributed by atoms with E-state index in [1.807, 2.05) is 24.3 Å². The maximum atomic E-state index is 12.6. The zero-order valence-corrected chi connectivity index (χ0v) is 32.6. The zero-order valence-electron chi connectivity index (χ0n) is 32.6. The Balaban J connectivity index is 0.969. The SMILES string of the molecule is CC(=O)OCCOCCOCCOCCOCCOCCOCCOCCOCCOCCOCCN(C)C(=O)OCC1c2ccccc2-c2ccccc21.